The molecular weight excluding hydrogens is 350 g/mol. The summed E-state index contributed by atoms with van der Waals surface area (Å²) in [5.74, 6) is 0.589. The van der Waals surface area contributed by atoms with Crippen molar-refractivity contribution in [1.82, 2.24) is 30.0 Å². The Bertz CT molecular complexity index is 1250. The van der Waals surface area contributed by atoms with Crippen molar-refractivity contribution in [2.75, 3.05) is 0 Å². The molecule has 0 aliphatic carbocycles. The Morgan fingerprint density at radius 2 is 1.21 bits per heavy atom. The number of hydrogen-bond donors (Lipinski definition) is 1. The van der Waals surface area contributed by atoms with Gasteiger partial charge in [-0.3, -0.25) is 0 Å². The molecule has 0 unspecified atom stereocenters. The lowest BCUT2D eigenvalue weighted by molar-refractivity contribution is 0.616. The van der Waals surface area contributed by atoms with Crippen LogP contribution in [-0.4, -0.2) is 30.0 Å². The van der Waals surface area contributed by atoms with E-state index in [2.05, 4.69) is 20.6 Å². The number of nitrogens with zero attached hydrogens (tertiary/aromatic N) is 6. The van der Waals surface area contributed by atoms with E-state index in [-0.39, 0.29) is 0 Å². The molecule has 0 radical (unpaired) electrons. The Balaban J connectivity index is 1.85. The minimum atomic E-state index is 0.534. The number of rotatable bonds is 3. The van der Waals surface area contributed by atoms with Gasteiger partial charge in [0.2, 0.25) is 0 Å². The smallest absolute Gasteiger partial charge is 0.183 e. The standard InChI is InChI=1S/C21H17N7/c1-14-10-12-15(13-11-14)20(22)21(27-18-8-4-2-6-16(18)23-25-27)28-19-9-5-3-7-17(19)24-26-28/h2-13H,22H2,1H3. The van der Waals surface area contributed by atoms with Crippen LogP contribution < -0.4 is 5.73 Å². The van der Waals surface area contributed by atoms with E-state index in [0.29, 0.717) is 11.5 Å². The summed E-state index contributed by atoms with van der Waals surface area (Å²) in [5, 5.41) is 17.3. The molecule has 2 aromatic heterocycles. The lowest BCUT2D eigenvalue weighted by Crippen LogP contribution is -2.20. The third kappa shape index (κ3) is 2.52. The van der Waals surface area contributed by atoms with E-state index in [1.54, 1.807) is 9.36 Å². The number of hydrogen-bond acceptors (Lipinski definition) is 5. The van der Waals surface area contributed by atoms with Crippen molar-refractivity contribution in [3.63, 3.8) is 0 Å². The third-order valence-corrected chi connectivity index (χ3v) is 4.71. The molecule has 28 heavy (non-hydrogen) atoms. The van der Waals surface area contributed by atoms with Crippen molar-refractivity contribution in [3.05, 3.63) is 89.7 Å². The van der Waals surface area contributed by atoms with E-state index >= 15 is 0 Å². The lowest BCUT2D eigenvalue weighted by Gasteiger charge is -2.13. The summed E-state index contributed by atoms with van der Waals surface area (Å²) in [4.78, 5) is 0. The molecule has 0 atom stereocenters. The zero-order valence-corrected chi connectivity index (χ0v) is 15.2. The maximum atomic E-state index is 6.66. The van der Waals surface area contributed by atoms with Crippen molar-refractivity contribution in [2.24, 2.45) is 5.73 Å². The number of aromatic nitrogens is 6. The molecule has 0 amide bonds. The summed E-state index contributed by atoms with van der Waals surface area (Å²) in [6.45, 7) is 2.04. The van der Waals surface area contributed by atoms with Gasteiger partial charge in [0.05, 0.1) is 16.7 Å². The molecule has 5 rings (SSSR count). The Morgan fingerprint density at radius 3 is 1.75 bits per heavy atom. The van der Waals surface area contributed by atoms with Gasteiger partial charge in [0, 0.05) is 5.56 Å². The van der Waals surface area contributed by atoms with Gasteiger partial charge in [-0.25, -0.2) is 0 Å². The second-order valence-corrected chi connectivity index (χ2v) is 6.58. The number of aryl methyl sites for hydroxylation is 1. The summed E-state index contributed by atoms with van der Waals surface area (Å²) in [5.41, 5.74) is 12.5. The van der Waals surface area contributed by atoms with Gasteiger partial charge in [-0.2, -0.15) is 9.36 Å². The van der Waals surface area contributed by atoms with Gasteiger partial charge in [-0.05, 0) is 31.2 Å². The van der Waals surface area contributed by atoms with Crippen LogP contribution in [0.1, 0.15) is 11.1 Å². The van der Waals surface area contributed by atoms with Crippen molar-refractivity contribution in [3.8, 4) is 0 Å². The maximum absolute atomic E-state index is 6.66. The van der Waals surface area contributed by atoms with E-state index in [1.165, 1.54) is 0 Å². The summed E-state index contributed by atoms with van der Waals surface area (Å²) < 4.78 is 3.43. The molecule has 0 spiro atoms. The quantitative estimate of drug-likeness (QED) is 0.529. The highest BCUT2D eigenvalue weighted by Crippen LogP contribution is 2.22. The zero-order chi connectivity index (χ0) is 19.1. The largest absolute Gasteiger partial charge is 0.395 e. The molecule has 3 aromatic carbocycles. The predicted molar refractivity (Wildman–Crippen MR) is 108 cm³/mol. The molecule has 0 fully saturated rings. The van der Waals surface area contributed by atoms with Crippen LogP contribution in [0.4, 0.5) is 0 Å². The third-order valence-electron chi connectivity index (χ3n) is 4.71. The van der Waals surface area contributed by atoms with Gasteiger partial charge in [0.15, 0.2) is 5.82 Å². The Labute approximate surface area is 160 Å². The molecule has 5 aromatic rings. The van der Waals surface area contributed by atoms with Crippen LogP contribution in [-0.2, 0) is 0 Å². The molecule has 0 saturated heterocycles. The van der Waals surface area contributed by atoms with E-state index in [4.69, 9.17) is 5.73 Å². The lowest BCUT2D eigenvalue weighted by atomic mass is 10.1. The Morgan fingerprint density at radius 1 is 0.714 bits per heavy atom. The number of benzene rings is 3. The van der Waals surface area contributed by atoms with Gasteiger partial charge < -0.3 is 5.73 Å². The molecule has 2 heterocycles. The van der Waals surface area contributed by atoms with Crippen LogP contribution in [0.3, 0.4) is 0 Å². The van der Waals surface area contributed by atoms with Crippen molar-refractivity contribution >= 4 is 27.8 Å². The summed E-state index contributed by atoms with van der Waals surface area (Å²) >= 11 is 0. The average molecular weight is 367 g/mol. The normalized spacial score (nSPS) is 11.2. The van der Waals surface area contributed by atoms with Crippen molar-refractivity contribution in [2.45, 2.75) is 6.92 Å². The fourth-order valence-electron chi connectivity index (χ4n) is 3.23. The monoisotopic (exact) mass is 367 g/mol. The molecule has 0 saturated carbocycles. The Hall–Kier alpha value is -4.00. The summed E-state index contributed by atoms with van der Waals surface area (Å²) in [6, 6.07) is 23.5. The minimum Gasteiger partial charge on any atom is -0.395 e. The first-order valence-corrected chi connectivity index (χ1v) is 8.91. The second-order valence-electron chi connectivity index (χ2n) is 6.58. The predicted octanol–water partition coefficient (Wildman–Crippen LogP) is 3.09. The molecular formula is C21H17N7. The fourth-order valence-corrected chi connectivity index (χ4v) is 3.23. The molecule has 2 N–H and O–H groups in total. The molecule has 7 nitrogen and oxygen atoms in total. The molecule has 7 heteroatoms. The van der Waals surface area contributed by atoms with Crippen LogP contribution in [0.15, 0.2) is 72.8 Å². The average Bonchev–Trinajstić information content (AvgIpc) is 3.34. The summed E-state index contributed by atoms with van der Waals surface area (Å²) in [7, 11) is 0. The van der Waals surface area contributed by atoms with Gasteiger partial charge in [0.1, 0.15) is 11.0 Å². The molecule has 0 aliphatic heterocycles. The van der Waals surface area contributed by atoms with Gasteiger partial charge >= 0.3 is 0 Å². The number of fused-ring (bicyclic) bond motifs is 2. The second kappa shape index (κ2) is 6.31. The van der Waals surface area contributed by atoms with E-state index in [1.807, 2.05) is 79.7 Å². The van der Waals surface area contributed by atoms with E-state index in [0.717, 1.165) is 33.2 Å². The van der Waals surface area contributed by atoms with Crippen molar-refractivity contribution in [1.29, 1.82) is 0 Å². The molecule has 136 valence electrons. The molecule has 0 bridgehead atoms. The highest BCUT2D eigenvalue weighted by atomic mass is 15.5. The van der Waals surface area contributed by atoms with E-state index < -0.39 is 0 Å². The van der Waals surface area contributed by atoms with Crippen LogP contribution in [0.2, 0.25) is 0 Å². The topological polar surface area (TPSA) is 87.4 Å². The van der Waals surface area contributed by atoms with E-state index in [9.17, 15) is 0 Å². The minimum absolute atomic E-state index is 0.534. The molecule has 0 aliphatic rings. The number of nitrogens with two attached hydrogens (primary N) is 1. The zero-order valence-electron chi connectivity index (χ0n) is 15.2. The van der Waals surface area contributed by atoms with Gasteiger partial charge in [-0.1, -0.05) is 64.5 Å². The van der Waals surface area contributed by atoms with Crippen molar-refractivity contribution < 1.29 is 0 Å². The summed E-state index contributed by atoms with van der Waals surface area (Å²) in [6.07, 6.45) is 0. The van der Waals surface area contributed by atoms with Crippen LogP contribution in [0.5, 0.6) is 0 Å². The number of para-hydroxylation sites is 2. The first-order valence-electron chi connectivity index (χ1n) is 8.91. The van der Waals surface area contributed by atoms with Gasteiger partial charge in [-0.15, -0.1) is 10.2 Å². The van der Waals surface area contributed by atoms with Crippen LogP contribution >= 0.6 is 0 Å². The first-order chi connectivity index (χ1) is 13.7. The SMILES string of the molecule is Cc1ccc(C(N)=C(n2nnc3ccccc32)n2nnc3ccccc32)cc1. The Kier molecular flexibility index (Phi) is 3.65. The fraction of sp³-hybridized carbons (Fsp3) is 0.0476. The highest BCUT2D eigenvalue weighted by molar-refractivity contribution is 5.78. The first kappa shape index (κ1) is 16.2. The maximum Gasteiger partial charge on any atom is 0.183 e. The van der Waals surface area contributed by atoms with Gasteiger partial charge in [0.25, 0.3) is 0 Å². The van der Waals surface area contributed by atoms with Crippen LogP contribution in [0, 0.1) is 12.7 Å². The van der Waals surface area contributed by atoms with Crippen LogP contribution in [0.25, 0.3) is 27.8 Å². The highest BCUT2D eigenvalue weighted by Gasteiger charge is 2.19.